The molecular formula is C16H19NO3S. The summed E-state index contributed by atoms with van der Waals surface area (Å²) in [6, 6.07) is 12.0. The number of hydrogen-bond donors (Lipinski definition) is 2. The van der Waals surface area contributed by atoms with E-state index in [4.69, 9.17) is 0 Å². The SMILES string of the molecule is Cc1ccc(S(=O)(=O)NCCc2ccccc2O)cc1C. The van der Waals surface area contributed by atoms with Gasteiger partial charge in [-0.1, -0.05) is 24.3 Å². The highest BCUT2D eigenvalue weighted by Gasteiger charge is 2.14. The zero-order chi connectivity index (χ0) is 15.5. The van der Waals surface area contributed by atoms with Gasteiger partial charge in [0, 0.05) is 6.54 Å². The maximum absolute atomic E-state index is 12.2. The van der Waals surface area contributed by atoms with Crippen molar-refractivity contribution < 1.29 is 13.5 Å². The number of nitrogens with one attached hydrogen (secondary N) is 1. The molecule has 0 aromatic heterocycles. The first-order valence-electron chi connectivity index (χ1n) is 6.74. The van der Waals surface area contributed by atoms with Crippen LogP contribution in [0, 0.1) is 13.8 Å². The zero-order valence-corrected chi connectivity index (χ0v) is 12.9. The van der Waals surface area contributed by atoms with Crippen LogP contribution in [0.25, 0.3) is 0 Å². The lowest BCUT2D eigenvalue weighted by atomic mass is 10.1. The fourth-order valence-electron chi connectivity index (χ4n) is 2.01. The van der Waals surface area contributed by atoms with Crippen LogP contribution in [0.4, 0.5) is 0 Å². The van der Waals surface area contributed by atoms with E-state index in [0.717, 1.165) is 16.7 Å². The Morgan fingerprint density at radius 1 is 1.05 bits per heavy atom. The fraction of sp³-hybridized carbons (Fsp3) is 0.250. The van der Waals surface area contributed by atoms with Crippen LogP contribution in [0.15, 0.2) is 47.4 Å². The summed E-state index contributed by atoms with van der Waals surface area (Å²) in [6.07, 6.45) is 0.441. The molecule has 112 valence electrons. The van der Waals surface area contributed by atoms with E-state index >= 15 is 0 Å². The summed E-state index contributed by atoms with van der Waals surface area (Å²) < 4.78 is 27.0. The predicted molar refractivity (Wildman–Crippen MR) is 82.9 cm³/mol. The molecule has 2 rings (SSSR count). The van der Waals surface area contributed by atoms with Gasteiger partial charge >= 0.3 is 0 Å². The van der Waals surface area contributed by atoms with Crippen LogP contribution in [0.3, 0.4) is 0 Å². The van der Waals surface area contributed by atoms with Crippen molar-refractivity contribution in [1.82, 2.24) is 4.72 Å². The largest absolute Gasteiger partial charge is 0.508 e. The van der Waals surface area contributed by atoms with Crippen LogP contribution in [0.1, 0.15) is 16.7 Å². The standard InChI is InChI=1S/C16H19NO3S/c1-12-7-8-15(11-13(12)2)21(19,20)17-10-9-14-5-3-4-6-16(14)18/h3-8,11,17-18H,9-10H2,1-2H3. The van der Waals surface area contributed by atoms with Crippen molar-refractivity contribution >= 4 is 10.0 Å². The van der Waals surface area contributed by atoms with Gasteiger partial charge < -0.3 is 5.11 Å². The summed E-state index contributed by atoms with van der Waals surface area (Å²) in [7, 11) is -3.51. The van der Waals surface area contributed by atoms with E-state index in [9.17, 15) is 13.5 Å². The van der Waals surface area contributed by atoms with E-state index in [1.807, 2.05) is 19.9 Å². The highest BCUT2D eigenvalue weighted by atomic mass is 32.2. The smallest absolute Gasteiger partial charge is 0.240 e. The van der Waals surface area contributed by atoms with E-state index < -0.39 is 10.0 Å². The molecule has 0 aliphatic heterocycles. The number of phenolic OH excluding ortho intramolecular Hbond substituents is 1. The summed E-state index contributed by atoms with van der Waals surface area (Å²) in [6.45, 7) is 4.07. The molecule has 0 atom stereocenters. The van der Waals surface area contributed by atoms with E-state index in [1.54, 1.807) is 36.4 Å². The van der Waals surface area contributed by atoms with Gasteiger partial charge in [-0.15, -0.1) is 0 Å². The predicted octanol–water partition coefficient (Wildman–Crippen LogP) is 2.53. The van der Waals surface area contributed by atoms with Gasteiger partial charge in [0.15, 0.2) is 0 Å². The highest BCUT2D eigenvalue weighted by molar-refractivity contribution is 7.89. The molecule has 0 saturated carbocycles. The molecule has 2 aromatic carbocycles. The lowest BCUT2D eigenvalue weighted by molar-refractivity contribution is 0.467. The second-order valence-electron chi connectivity index (χ2n) is 5.02. The van der Waals surface area contributed by atoms with Crippen molar-refractivity contribution in [2.75, 3.05) is 6.54 Å². The van der Waals surface area contributed by atoms with Crippen molar-refractivity contribution in [3.63, 3.8) is 0 Å². The van der Waals surface area contributed by atoms with E-state index in [1.165, 1.54) is 0 Å². The quantitative estimate of drug-likeness (QED) is 0.892. The van der Waals surface area contributed by atoms with Crippen LogP contribution in [-0.4, -0.2) is 20.1 Å². The molecule has 4 nitrogen and oxygen atoms in total. The van der Waals surface area contributed by atoms with Crippen molar-refractivity contribution in [2.24, 2.45) is 0 Å². The van der Waals surface area contributed by atoms with Crippen molar-refractivity contribution in [3.8, 4) is 5.75 Å². The van der Waals surface area contributed by atoms with Gasteiger partial charge in [-0.25, -0.2) is 13.1 Å². The molecule has 0 radical (unpaired) electrons. The summed E-state index contributed by atoms with van der Waals surface area (Å²) in [4.78, 5) is 0.267. The molecule has 2 N–H and O–H groups in total. The third-order valence-electron chi connectivity index (χ3n) is 3.47. The summed E-state index contributed by atoms with van der Waals surface area (Å²) in [5, 5.41) is 9.65. The van der Waals surface area contributed by atoms with Crippen molar-refractivity contribution in [2.45, 2.75) is 25.2 Å². The summed E-state index contributed by atoms with van der Waals surface area (Å²) in [5.41, 5.74) is 2.72. The Balaban J connectivity index is 2.05. The number of hydrogen-bond acceptors (Lipinski definition) is 3. The highest BCUT2D eigenvalue weighted by Crippen LogP contribution is 2.17. The number of aromatic hydroxyl groups is 1. The van der Waals surface area contributed by atoms with Gasteiger partial charge in [-0.2, -0.15) is 0 Å². The Morgan fingerprint density at radius 2 is 1.76 bits per heavy atom. The van der Waals surface area contributed by atoms with Gasteiger partial charge in [-0.05, 0) is 55.2 Å². The lowest BCUT2D eigenvalue weighted by Crippen LogP contribution is -2.26. The molecule has 0 spiro atoms. The number of benzene rings is 2. The van der Waals surface area contributed by atoms with Crippen LogP contribution in [0.2, 0.25) is 0 Å². The van der Waals surface area contributed by atoms with Gasteiger partial charge in [0.05, 0.1) is 4.90 Å². The first-order valence-corrected chi connectivity index (χ1v) is 8.22. The number of aryl methyl sites for hydroxylation is 2. The molecule has 2 aromatic rings. The summed E-state index contributed by atoms with van der Waals surface area (Å²) in [5.74, 6) is 0.183. The number of para-hydroxylation sites is 1. The topological polar surface area (TPSA) is 66.4 Å². The molecule has 0 aliphatic carbocycles. The van der Waals surface area contributed by atoms with E-state index in [0.29, 0.717) is 6.42 Å². The first-order chi connectivity index (χ1) is 9.90. The molecular weight excluding hydrogens is 286 g/mol. The minimum absolute atomic E-state index is 0.183. The minimum atomic E-state index is -3.51. The van der Waals surface area contributed by atoms with E-state index in [-0.39, 0.29) is 17.2 Å². The molecule has 0 fully saturated rings. The second kappa shape index (κ2) is 6.28. The third-order valence-corrected chi connectivity index (χ3v) is 4.93. The Bertz CT molecular complexity index is 739. The van der Waals surface area contributed by atoms with Crippen LogP contribution >= 0.6 is 0 Å². The van der Waals surface area contributed by atoms with Crippen LogP contribution in [0.5, 0.6) is 5.75 Å². The molecule has 5 heteroatoms. The Labute approximate surface area is 125 Å². The molecule has 0 unspecified atom stereocenters. The molecule has 0 saturated heterocycles. The molecule has 0 bridgehead atoms. The van der Waals surface area contributed by atoms with Crippen molar-refractivity contribution in [3.05, 3.63) is 59.2 Å². The number of phenols is 1. The average molecular weight is 305 g/mol. The molecule has 21 heavy (non-hydrogen) atoms. The van der Waals surface area contributed by atoms with Crippen LogP contribution in [-0.2, 0) is 16.4 Å². The number of rotatable bonds is 5. The van der Waals surface area contributed by atoms with E-state index in [2.05, 4.69) is 4.72 Å². The first kappa shape index (κ1) is 15.5. The van der Waals surface area contributed by atoms with Gasteiger partial charge in [-0.3, -0.25) is 0 Å². The Morgan fingerprint density at radius 3 is 2.43 bits per heavy atom. The summed E-state index contributed by atoms with van der Waals surface area (Å²) >= 11 is 0. The Hall–Kier alpha value is -1.85. The molecule has 0 aliphatic rings. The minimum Gasteiger partial charge on any atom is -0.508 e. The molecule has 0 amide bonds. The Kier molecular flexibility index (Phi) is 4.65. The average Bonchev–Trinajstić information content (AvgIpc) is 2.44. The van der Waals surface area contributed by atoms with Crippen molar-refractivity contribution in [1.29, 1.82) is 0 Å². The number of sulfonamides is 1. The maximum atomic E-state index is 12.2. The maximum Gasteiger partial charge on any atom is 0.240 e. The lowest BCUT2D eigenvalue weighted by Gasteiger charge is -2.09. The second-order valence-corrected chi connectivity index (χ2v) is 6.79. The normalized spacial score (nSPS) is 11.5. The zero-order valence-electron chi connectivity index (χ0n) is 12.1. The van der Waals surface area contributed by atoms with Gasteiger partial charge in [0.2, 0.25) is 10.0 Å². The third kappa shape index (κ3) is 3.83. The van der Waals surface area contributed by atoms with Crippen LogP contribution < -0.4 is 4.72 Å². The molecule has 0 heterocycles. The van der Waals surface area contributed by atoms with Gasteiger partial charge in [0.1, 0.15) is 5.75 Å². The van der Waals surface area contributed by atoms with Gasteiger partial charge in [0.25, 0.3) is 0 Å². The fourth-order valence-corrected chi connectivity index (χ4v) is 3.12. The monoisotopic (exact) mass is 305 g/mol.